The minimum absolute atomic E-state index is 0.00911. The van der Waals surface area contributed by atoms with Gasteiger partial charge in [-0.15, -0.1) is 11.8 Å². The Morgan fingerprint density at radius 2 is 1.78 bits per heavy atom. The Hall–Kier alpha value is -2.09. The number of carbonyl (C=O) groups is 1. The van der Waals surface area contributed by atoms with Crippen molar-refractivity contribution >= 4 is 33.8 Å². The van der Waals surface area contributed by atoms with Crippen LogP contribution >= 0.6 is 11.8 Å². The van der Waals surface area contributed by atoms with E-state index in [4.69, 9.17) is 4.74 Å². The number of nitrogens with one attached hydrogen (secondary N) is 1. The zero-order valence-electron chi connectivity index (χ0n) is 15.3. The molecule has 0 unspecified atom stereocenters. The van der Waals surface area contributed by atoms with Crippen LogP contribution in [0.2, 0.25) is 0 Å². The largest absolute Gasteiger partial charge is 0.461 e. The van der Waals surface area contributed by atoms with Gasteiger partial charge in [0.1, 0.15) is 6.61 Å². The number of rotatable bonds is 9. The van der Waals surface area contributed by atoms with Gasteiger partial charge in [0.15, 0.2) is 0 Å². The Labute approximate surface area is 164 Å². The minimum Gasteiger partial charge on any atom is -0.461 e. The number of sulfonamides is 1. The summed E-state index contributed by atoms with van der Waals surface area (Å²) in [6, 6.07) is 15.2. The van der Waals surface area contributed by atoms with Crippen molar-refractivity contribution in [2.45, 2.75) is 24.8 Å². The molecule has 0 bridgehead atoms. The molecule has 0 spiro atoms. The zero-order valence-corrected chi connectivity index (χ0v) is 17.0. The lowest BCUT2D eigenvalue weighted by molar-refractivity contribution is -0.144. The Morgan fingerprint density at radius 3 is 2.41 bits per heavy atom. The predicted octanol–water partition coefficient (Wildman–Crippen LogP) is 3.74. The van der Waals surface area contributed by atoms with Crippen molar-refractivity contribution in [1.29, 1.82) is 0 Å². The van der Waals surface area contributed by atoms with Crippen LogP contribution in [0.3, 0.4) is 0 Å². The number of hydrogen-bond acceptors (Lipinski definition) is 5. The molecule has 0 aliphatic carbocycles. The van der Waals surface area contributed by atoms with Crippen LogP contribution < -0.4 is 4.72 Å². The van der Waals surface area contributed by atoms with Crippen molar-refractivity contribution in [2.75, 3.05) is 12.8 Å². The lowest BCUT2D eigenvalue weighted by atomic mass is 10.2. The molecule has 0 radical (unpaired) electrons. The third kappa shape index (κ3) is 7.99. The second kappa shape index (κ2) is 10.3. The fraction of sp³-hybridized carbons (Fsp3) is 0.250. The van der Waals surface area contributed by atoms with Gasteiger partial charge < -0.3 is 4.74 Å². The van der Waals surface area contributed by atoms with Gasteiger partial charge in [-0.05, 0) is 42.5 Å². The Bertz CT molecular complexity index is 873. The summed E-state index contributed by atoms with van der Waals surface area (Å²) in [7, 11) is -3.60. The molecule has 27 heavy (non-hydrogen) atoms. The maximum absolute atomic E-state index is 11.9. The van der Waals surface area contributed by atoms with E-state index < -0.39 is 16.0 Å². The first-order chi connectivity index (χ1) is 12.9. The molecule has 2 aromatic carbocycles. The molecule has 0 saturated carbocycles. The quantitative estimate of drug-likeness (QED) is 0.508. The van der Waals surface area contributed by atoms with Crippen LogP contribution in [0.1, 0.15) is 23.1 Å². The summed E-state index contributed by atoms with van der Waals surface area (Å²) >= 11 is 1.64. The van der Waals surface area contributed by atoms with Crippen LogP contribution in [0, 0.1) is 6.92 Å². The first kappa shape index (κ1) is 21.2. The van der Waals surface area contributed by atoms with E-state index in [-0.39, 0.29) is 19.6 Å². The number of thioether (sulfide) groups is 1. The molecule has 0 aromatic heterocycles. The van der Waals surface area contributed by atoms with E-state index in [0.717, 1.165) is 27.0 Å². The van der Waals surface area contributed by atoms with Gasteiger partial charge in [0.25, 0.3) is 0 Å². The SMILES string of the molecule is CSc1ccc(COC(=O)CCNS(=O)(=O)/C=C/c2ccc(C)cc2)cc1. The van der Waals surface area contributed by atoms with Crippen LogP contribution in [-0.4, -0.2) is 27.2 Å². The van der Waals surface area contributed by atoms with E-state index in [0.29, 0.717) is 0 Å². The van der Waals surface area contributed by atoms with Gasteiger partial charge in [-0.3, -0.25) is 4.79 Å². The van der Waals surface area contributed by atoms with Gasteiger partial charge in [0.05, 0.1) is 6.42 Å². The second-order valence-corrected chi connectivity index (χ2v) is 8.44. The van der Waals surface area contributed by atoms with Gasteiger partial charge in [-0.2, -0.15) is 0 Å². The van der Waals surface area contributed by atoms with Crippen molar-refractivity contribution < 1.29 is 17.9 Å². The molecular weight excluding hydrogens is 382 g/mol. The average molecular weight is 406 g/mol. The molecular formula is C20H23NO4S2. The Morgan fingerprint density at radius 1 is 1.11 bits per heavy atom. The van der Waals surface area contributed by atoms with Gasteiger partial charge in [-0.1, -0.05) is 42.0 Å². The van der Waals surface area contributed by atoms with E-state index in [1.807, 2.05) is 61.7 Å². The number of ether oxygens (including phenoxy) is 1. The van der Waals surface area contributed by atoms with Crippen LogP contribution in [-0.2, 0) is 26.2 Å². The lowest BCUT2D eigenvalue weighted by Crippen LogP contribution is -2.24. The first-order valence-corrected chi connectivity index (χ1v) is 11.2. The third-order valence-electron chi connectivity index (χ3n) is 3.71. The highest BCUT2D eigenvalue weighted by atomic mass is 32.2. The van der Waals surface area contributed by atoms with Crippen LogP contribution in [0.5, 0.6) is 0 Å². The first-order valence-electron chi connectivity index (χ1n) is 8.41. The molecule has 0 amide bonds. The maximum Gasteiger partial charge on any atom is 0.307 e. The number of aryl methyl sites for hydroxylation is 1. The normalized spacial score (nSPS) is 11.6. The fourth-order valence-electron chi connectivity index (χ4n) is 2.15. The van der Waals surface area contributed by atoms with Crippen molar-refractivity contribution in [3.05, 3.63) is 70.6 Å². The number of carbonyl (C=O) groups excluding carboxylic acids is 1. The predicted molar refractivity (Wildman–Crippen MR) is 110 cm³/mol. The number of esters is 1. The van der Waals surface area contributed by atoms with Crippen molar-refractivity contribution in [3.63, 3.8) is 0 Å². The molecule has 2 rings (SSSR count). The van der Waals surface area contributed by atoms with Crippen LogP contribution in [0.25, 0.3) is 6.08 Å². The summed E-state index contributed by atoms with van der Waals surface area (Å²) in [5.74, 6) is -0.450. The molecule has 0 aliphatic heterocycles. The minimum atomic E-state index is -3.60. The molecule has 0 saturated heterocycles. The highest BCUT2D eigenvalue weighted by molar-refractivity contribution is 7.98. The molecule has 0 atom stereocenters. The summed E-state index contributed by atoms with van der Waals surface area (Å²) < 4.78 is 31.4. The van der Waals surface area contributed by atoms with Gasteiger partial charge >= 0.3 is 5.97 Å². The summed E-state index contributed by atoms with van der Waals surface area (Å²) in [6.45, 7) is 2.13. The summed E-state index contributed by atoms with van der Waals surface area (Å²) in [6.07, 6.45) is 3.48. The number of benzene rings is 2. The summed E-state index contributed by atoms with van der Waals surface area (Å²) in [4.78, 5) is 12.9. The van der Waals surface area contributed by atoms with Gasteiger partial charge in [0, 0.05) is 16.8 Å². The Kier molecular flexibility index (Phi) is 8.09. The van der Waals surface area contributed by atoms with Gasteiger partial charge in [-0.25, -0.2) is 13.1 Å². The highest BCUT2D eigenvalue weighted by Gasteiger charge is 2.08. The second-order valence-electron chi connectivity index (χ2n) is 5.91. The van der Waals surface area contributed by atoms with E-state index in [1.54, 1.807) is 11.8 Å². The molecule has 7 heteroatoms. The van der Waals surface area contributed by atoms with Crippen molar-refractivity contribution in [3.8, 4) is 0 Å². The molecule has 144 valence electrons. The monoisotopic (exact) mass is 405 g/mol. The van der Waals surface area contributed by atoms with Crippen LogP contribution in [0.15, 0.2) is 58.8 Å². The fourth-order valence-corrected chi connectivity index (χ4v) is 3.37. The van der Waals surface area contributed by atoms with E-state index in [9.17, 15) is 13.2 Å². The smallest absolute Gasteiger partial charge is 0.307 e. The average Bonchev–Trinajstić information content (AvgIpc) is 2.66. The zero-order chi connectivity index (χ0) is 19.7. The number of hydrogen-bond donors (Lipinski definition) is 1. The molecule has 5 nitrogen and oxygen atoms in total. The summed E-state index contributed by atoms with van der Waals surface area (Å²) in [5, 5.41) is 1.09. The van der Waals surface area contributed by atoms with E-state index >= 15 is 0 Å². The molecule has 0 heterocycles. The van der Waals surface area contributed by atoms with Crippen LogP contribution in [0.4, 0.5) is 0 Å². The lowest BCUT2D eigenvalue weighted by Gasteiger charge is -2.06. The maximum atomic E-state index is 11.9. The summed E-state index contributed by atoms with van der Waals surface area (Å²) in [5.41, 5.74) is 2.78. The van der Waals surface area contributed by atoms with E-state index in [2.05, 4.69) is 4.72 Å². The Balaban J connectivity index is 1.73. The highest BCUT2D eigenvalue weighted by Crippen LogP contribution is 2.15. The van der Waals surface area contributed by atoms with E-state index in [1.165, 1.54) is 6.08 Å². The standard InChI is InChI=1S/C20H23NO4S2/c1-16-3-5-17(6-4-16)12-14-27(23,24)21-13-11-20(22)25-15-18-7-9-19(26-2)10-8-18/h3-10,12,14,21H,11,13,15H2,1-2H3/b14-12+. The molecule has 0 fully saturated rings. The van der Waals surface area contributed by atoms with Crippen molar-refractivity contribution in [2.24, 2.45) is 0 Å². The van der Waals surface area contributed by atoms with Gasteiger partial charge in [0.2, 0.25) is 10.0 Å². The molecule has 1 N–H and O–H groups in total. The molecule has 2 aromatic rings. The van der Waals surface area contributed by atoms with Crippen molar-refractivity contribution in [1.82, 2.24) is 4.72 Å². The molecule has 0 aliphatic rings. The topological polar surface area (TPSA) is 72.5 Å². The third-order valence-corrected chi connectivity index (χ3v) is 5.55.